The lowest BCUT2D eigenvalue weighted by molar-refractivity contribution is 0.167. The van der Waals surface area contributed by atoms with Gasteiger partial charge in [0.25, 0.3) is 0 Å². The third-order valence-electron chi connectivity index (χ3n) is 3.98. The van der Waals surface area contributed by atoms with Gasteiger partial charge in [-0.15, -0.1) is 10.2 Å². The molecule has 1 aliphatic heterocycles. The van der Waals surface area contributed by atoms with Crippen LogP contribution in [0.3, 0.4) is 0 Å². The highest BCUT2D eigenvalue weighted by Crippen LogP contribution is 2.15. The summed E-state index contributed by atoms with van der Waals surface area (Å²) in [7, 11) is 0. The van der Waals surface area contributed by atoms with E-state index in [4.69, 9.17) is 0 Å². The Hall–Kier alpha value is -2.41. The number of aryl methyl sites for hydroxylation is 1. The second-order valence-corrected chi connectivity index (χ2v) is 5.61. The van der Waals surface area contributed by atoms with E-state index in [1.54, 1.807) is 0 Å². The minimum absolute atomic E-state index is 0.263. The van der Waals surface area contributed by atoms with Gasteiger partial charge < -0.3 is 20.3 Å². The van der Waals surface area contributed by atoms with Crippen molar-refractivity contribution in [1.82, 2.24) is 25.4 Å². The summed E-state index contributed by atoms with van der Waals surface area (Å²) in [6, 6.07) is 9.16. The standard InChI is InChI=1S/C16H21N5O2/c22-13(12-5-2-1-3-6-12)8-9-17-16(23)18-11-15-20-19-14-7-4-10-21(14)15/h1-3,5-6,13,22H,4,7-11H2,(H2,17,18,23). The molecule has 0 aliphatic carbocycles. The Balaban J connectivity index is 1.38. The fourth-order valence-electron chi connectivity index (χ4n) is 2.73. The van der Waals surface area contributed by atoms with Gasteiger partial charge in [0.2, 0.25) is 0 Å². The Kier molecular flexibility index (Phi) is 4.87. The summed E-state index contributed by atoms with van der Waals surface area (Å²) in [6.07, 6.45) is 1.94. The summed E-state index contributed by atoms with van der Waals surface area (Å²) in [5.74, 6) is 1.78. The first-order valence-electron chi connectivity index (χ1n) is 7.89. The lowest BCUT2D eigenvalue weighted by atomic mass is 10.1. The number of hydrogen-bond acceptors (Lipinski definition) is 4. The molecule has 2 amide bonds. The molecular weight excluding hydrogens is 294 g/mol. The number of fused-ring (bicyclic) bond motifs is 1. The highest BCUT2D eigenvalue weighted by molar-refractivity contribution is 5.73. The molecule has 0 saturated heterocycles. The number of aromatic nitrogens is 3. The van der Waals surface area contributed by atoms with E-state index in [1.807, 2.05) is 30.3 Å². The number of nitrogens with zero attached hydrogens (tertiary/aromatic N) is 3. The summed E-state index contributed by atoms with van der Waals surface area (Å²) in [5, 5.41) is 23.7. The fraction of sp³-hybridized carbons (Fsp3) is 0.438. The molecule has 2 heterocycles. The van der Waals surface area contributed by atoms with Gasteiger partial charge in [0.05, 0.1) is 12.6 Å². The summed E-state index contributed by atoms with van der Waals surface area (Å²) >= 11 is 0. The van der Waals surface area contributed by atoms with Gasteiger partial charge in [-0.25, -0.2) is 4.79 Å². The molecule has 0 radical (unpaired) electrons. The van der Waals surface area contributed by atoms with Crippen LogP contribution in [0.4, 0.5) is 4.79 Å². The molecule has 23 heavy (non-hydrogen) atoms. The minimum atomic E-state index is -0.573. The van der Waals surface area contributed by atoms with E-state index >= 15 is 0 Å². The number of hydrogen-bond donors (Lipinski definition) is 3. The maximum atomic E-state index is 11.8. The number of carbonyl (C=O) groups is 1. The minimum Gasteiger partial charge on any atom is -0.388 e. The van der Waals surface area contributed by atoms with Crippen LogP contribution in [0.5, 0.6) is 0 Å². The molecule has 1 aliphatic rings. The zero-order valence-corrected chi connectivity index (χ0v) is 12.9. The molecule has 0 fully saturated rings. The topological polar surface area (TPSA) is 92.1 Å². The van der Waals surface area contributed by atoms with Crippen molar-refractivity contribution in [2.45, 2.75) is 38.5 Å². The van der Waals surface area contributed by atoms with Crippen LogP contribution >= 0.6 is 0 Å². The van der Waals surface area contributed by atoms with Crippen molar-refractivity contribution in [3.63, 3.8) is 0 Å². The van der Waals surface area contributed by atoms with Crippen LogP contribution in [-0.2, 0) is 19.5 Å². The van der Waals surface area contributed by atoms with E-state index in [1.165, 1.54) is 0 Å². The Bertz CT molecular complexity index is 656. The zero-order chi connectivity index (χ0) is 16.1. The number of aliphatic hydroxyl groups excluding tert-OH is 1. The number of amides is 2. The molecular formula is C16H21N5O2. The second kappa shape index (κ2) is 7.23. The highest BCUT2D eigenvalue weighted by atomic mass is 16.3. The van der Waals surface area contributed by atoms with Crippen molar-refractivity contribution in [2.75, 3.05) is 6.54 Å². The number of benzene rings is 1. The molecule has 7 heteroatoms. The average molecular weight is 315 g/mol. The number of rotatable bonds is 6. The molecule has 3 N–H and O–H groups in total. The molecule has 0 spiro atoms. The summed E-state index contributed by atoms with van der Waals surface area (Å²) in [4.78, 5) is 11.8. The van der Waals surface area contributed by atoms with Crippen LogP contribution in [0.15, 0.2) is 30.3 Å². The van der Waals surface area contributed by atoms with Crippen LogP contribution < -0.4 is 10.6 Å². The molecule has 0 bridgehead atoms. The van der Waals surface area contributed by atoms with Crippen molar-refractivity contribution < 1.29 is 9.90 Å². The molecule has 1 aromatic heterocycles. The molecule has 7 nitrogen and oxygen atoms in total. The predicted molar refractivity (Wildman–Crippen MR) is 84.6 cm³/mol. The van der Waals surface area contributed by atoms with Gasteiger partial charge >= 0.3 is 6.03 Å². The number of urea groups is 1. The Morgan fingerprint density at radius 3 is 2.91 bits per heavy atom. The lowest BCUT2D eigenvalue weighted by Crippen LogP contribution is -2.36. The van der Waals surface area contributed by atoms with Crippen molar-refractivity contribution in [3.05, 3.63) is 47.5 Å². The van der Waals surface area contributed by atoms with Crippen molar-refractivity contribution in [1.29, 1.82) is 0 Å². The second-order valence-electron chi connectivity index (χ2n) is 5.61. The first-order chi connectivity index (χ1) is 11.2. The van der Waals surface area contributed by atoms with Crippen LogP contribution in [0, 0.1) is 0 Å². The molecule has 0 saturated carbocycles. The van der Waals surface area contributed by atoms with E-state index in [-0.39, 0.29) is 6.03 Å². The normalized spacial score (nSPS) is 14.3. The maximum absolute atomic E-state index is 11.8. The monoisotopic (exact) mass is 315 g/mol. The SMILES string of the molecule is O=C(NCCC(O)c1ccccc1)NCc1nnc2n1CCC2. The summed E-state index contributed by atoms with van der Waals surface area (Å²) in [5.41, 5.74) is 0.855. The van der Waals surface area contributed by atoms with Gasteiger partial charge in [0.1, 0.15) is 5.82 Å². The largest absolute Gasteiger partial charge is 0.388 e. The predicted octanol–water partition coefficient (Wildman–Crippen LogP) is 1.15. The zero-order valence-electron chi connectivity index (χ0n) is 12.9. The van der Waals surface area contributed by atoms with E-state index < -0.39 is 6.10 Å². The summed E-state index contributed by atoms with van der Waals surface area (Å²) in [6.45, 7) is 1.68. The Morgan fingerprint density at radius 1 is 1.26 bits per heavy atom. The number of carbonyl (C=O) groups excluding carboxylic acids is 1. The summed E-state index contributed by atoms with van der Waals surface area (Å²) < 4.78 is 2.05. The van der Waals surface area contributed by atoms with Gasteiger partial charge in [-0.3, -0.25) is 0 Å². The van der Waals surface area contributed by atoms with E-state index in [0.29, 0.717) is 19.5 Å². The average Bonchev–Trinajstić information content (AvgIpc) is 3.17. The van der Waals surface area contributed by atoms with Gasteiger partial charge in [0, 0.05) is 19.5 Å². The fourth-order valence-corrected chi connectivity index (χ4v) is 2.73. The lowest BCUT2D eigenvalue weighted by Gasteiger charge is -2.12. The van der Waals surface area contributed by atoms with Crippen molar-refractivity contribution >= 4 is 6.03 Å². The van der Waals surface area contributed by atoms with Crippen LogP contribution in [0.1, 0.15) is 36.2 Å². The first-order valence-corrected chi connectivity index (χ1v) is 7.89. The number of nitrogens with one attached hydrogen (secondary N) is 2. The van der Waals surface area contributed by atoms with Crippen molar-refractivity contribution in [2.24, 2.45) is 0 Å². The smallest absolute Gasteiger partial charge is 0.315 e. The van der Waals surface area contributed by atoms with E-state index in [0.717, 1.165) is 36.6 Å². The van der Waals surface area contributed by atoms with Crippen LogP contribution in [-0.4, -0.2) is 32.4 Å². The molecule has 122 valence electrons. The highest BCUT2D eigenvalue weighted by Gasteiger charge is 2.17. The third-order valence-corrected chi connectivity index (χ3v) is 3.98. The quantitative estimate of drug-likeness (QED) is 0.745. The molecule has 1 unspecified atom stereocenters. The van der Waals surface area contributed by atoms with Crippen molar-refractivity contribution in [3.8, 4) is 0 Å². The van der Waals surface area contributed by atoms with Gasteiger partial charge in [-0.1, -0.05) is 30.3 Å². The number of aliphatic hydroxyl groups is 1. The third kappa shape index (κ3) is 3.87. The molecule has 2 aromatic rings. The Labute approximate surface area is 134 Å². The molecule has 1 atom stereocenters. The van der Waals surface area contributed by atoms with Gasteiger partial charge in [-0.2, -0.15) is 0 Å². The first kappa shape index (κ1) is 15.5. The van der Waals surface area contributed by atoms with Gasteiger partial charge in [0.15, 0.2) is 5.82 Å². The Morgan fingerprint density at radius 2 is 2.09 bits per heavy atom. The molecule has 1 aromatic carbocycles. The van der Waals surface area contributed by atoms with E-state index in [2.05, 4.69) is 25.4 Å². The maximum Gasteiger partial charge on any atom is 0.315 e. The van der Waals surface area contributed by atoms with Gasteiger partial charge in [-0.05, 0) is 18.4 Å². The van der Waals surface area contributed by atoms with E-state index in [9.17, 15) is 9.90 Å². The molecule has 3 rings (SSSR count). The van der Waals surface area contributed by atoms with Crippen LogP contribution in [0.2, 0.25) is 0 Å². The van der Waals surface area contributed by atoms with Crippen LogP contribution in [0.25, 0.3) is 0 Å².